The van der Waals surface area contributed by atoms with Gasteiger partial charge in [0, 0.05) is 19.1 Å². The molecule has 1 saturated heterocycles. The minimum absolute atomic E-state index is 0.00867. The molecule has 0 radical (unpaired) electrons. The first-order valence-electron chi connectivity index (χ1n) is 7.25. The Labute approximate surface area is 121 Å². The molecular formula is C13H19N5O3. The Hall–Kier alpha value is -1.96. The number of carbonyl (C=O) groups excluding carboxylic acids is 1. The van der Waals surface area contributed by atoms with Crippen molar-refractivity contribution in [2.75, 3.05) is 13.1 Å². The molecule has 0 bridgehead atoms. The largest absolute Gasteiger partial charge is 0.476 e. The summed E-state index contributed by atoms with van der Waals surface area (Å²) in [5.74, 6) is -1.04. The topological polar surface area (TPSA) is 114 Å². The highest BCUT2D eigenvalue weighted by Gasteiger charge is 2.38. The van der Waals surface area contributed by atoms with Gasteiger partial charge in [-0.2, -0.15) is 0 Å². The molecule has 0 spiro atoms. The van der Waals surface area contributed by atoms with Crippen LogP contribution in [0.15, 0.2) is 6.20 Å². The molecule has 2 fully saturated rings. The maximum Gasteiger partial charge on any atom is 0.358 e. The lowest BCUT2D eigenvalue weighted by Crippen LogP contribution is -2.55. The summed E-state index contributed by atoms with van der Waals surface area (Å²) in [5, 5.41) is 16.2. The lowest BCUT2D eigenvalue weighted by Gasteiger charge is -2.42. The summed E-state index contributed by atoms with van der Waals surface area (Å²) < 4.78 is 1.52. The molecule has 1 aromatic rings. The molecular weight excluding hydrogens is 274 g/mol. The van der Waals surface area contributed by atoms with Gasteiger partial charge in [-0.15, -0.1) is 5.10 Å². The van der Waals surface area contributed by atoms with E-state index in [-0.39, 0.29) is 29.6 Å². The van der Waals surface area contributed by atoms with E-state index in [1.807, 2.05) is 0 Å². The van der Waals surface area contributed by atoms with Crippen molar-refractivity contribution in [3.8, 4) is 0 Å². The van der Waals surface area contributed by atoms with E-state index < -0.39 is 5.97 Å². The molecule has 21 heavy (non-hydrogen) atoms. The first kappa shape index (κ1) is 14.0. The van der Waals surface area contributed by atoms with Crippen LogP contribution in [0.3, 0.4) is 0 Å². The third-order valence-corrected chi connectivity index (χ3v) is 4.41. The number of rotatable bonds is 3. The third-order valence-electron chi connectivity index (χ3n) is 4.41. The number of hydrogen-bond donors (Lipinski definition) is 2. The summed E-state index contributed by atoms with van der Waals surface area (Å²) in [5.41, 5.74) is 5.96. The predicted octanol–water partition coefficient (Wildman–Crippen LogP) is -0.123. The maximum absolute atomic E-state index is 12.4. The zero-order valence-corrected chi connectivity index (χ0v) is 11.7. The van der Waals surface area contributed by atoms with E-state index in [0.717, 1.165) is 25.7 Å². The fourth-order valence-corrected chi connectivity index (χ4v) is 3.06. The Balaban J connectivity index is 1.57. The summed E-state index contributed by atoms with van der Waals surface area (Å²) in [4.78, 5) is 24.9. The zero-order valence-electron chi connectivity index (χ0n) is 11.7. The molecule has 2 unspecified atom stereocenters. The normalized spacial score (nSPS) is 26.4. The summed E-state index contributed by atoms with van der Waals surface area (Å²) in [6, 6.07) is -0.0235. The SMILES string of the molecule is NC1CCCCC1C(=O)N1CC(n2cc(C(=O)O)nn2)C1. The molecule has 1 aliphatic heterocycles. The second kappa shape index (κ2) is 5.44. The van der Waals surface area contributed by atoms with Crippen molar-refractivity contribution >= 4 is 11.9 Å². The van der Waals surface area contributed by atoms with Crippen molar-refractivity contribution in [2.24, 2.45) is 11.7 Å². The molecule has 3 rings (SSSR count). The van der Waals surface area contributed by atoms with Gasteiger partial charge in [-0.05, 0) is 12.8 Å². The minimum Gasteiger partial charge on any atom is -0.476 e. The van der Waals surface area contributed by atoms with E-state index in [4.69, 9.17) is 10.8 Å². The number of nitrogens with zero attached hydrogens (tertiary/aromatic N) is 4. The summed E-state index contributed by atoms with van der Waals surface area (Å²) in [7, 11) is 0. The lowest BCUT2D eigenvalue weighted by atomic mass is 9.83. The van der Waals surface area contributed by atoms with Crippen molar-refractivity contribution in [3.05, 3.63) is 11.9 Å². The molecule has 2 aliphatic rings. The van der Waals surface area contributed by atoms with Crippen molar-refractivity contribution in [1.82, 2.24) is 19.9 Å². The summed E-state index contributed by atoms with van der Waals surface area (Å²) in [6.07, 6.45) is 5.35. The fourth-order valence-electron chi connectivity index (χ4n) is 3.06. The number of carbonyl (C=O) groups is 2. The number of likely N-dealkylation sites (tertiary alicyclic amines) is 1. The molecule has 1 saturated carbocycles. The lowest BCUT2D eigenvalue weighted by molar-refractivity contribution is -0.143. The smallest absolute Gasteiger partial charge is 0.358 e. The molecule has 1 aliphatic carbocycles. The summed E-state index contributed by atoms with van der Waals surface area (Å²) in [6.45, 7) is 1.09. The quantitative estimate of drug-likeness (QED) is 0.802. The van der Waals surface area contributed by atoms with Gasteiger partial charge in [-0.3, -0.25) is 4.79 Å². The van der Waals surface area contributed by atoms with Crippen molar-refractivity contribution < 1.29 is 14.7 Å². The Morgan fingerprint density at radius 3 is 2.62 bits per heavy atom. The van der Waals surface area contributed by atoms with Gasteiger partial charge >= 0.3 is 5.97 Å². The van der Waals surface area contributed by atoms with Gasteiger partial charge in [-0.25, -0.2) is 9.48 Å². The van der Waals surface area contributed by atoms with Crippen LogP contribution in [0.5, 0.6) is 0 Å². The number of aromatic carboxylic acids is 1. The fraction of sp³-hybridized carbons (Fsp3) is 0.692. The highest BCUT2D eigenvalue weighted by atomic mass is 16.4. The summed E-state index contributed by atoms with van der Waals surface area (Å²) >= 11 is 0. The van der Waals surface area contributed by atoms with Crippen LogP contribution in [0.2, 0.25) is 0 Å². The predicted molar refractivity (Wildman–Crippen MR) is 72.5 cm³/mol. The average molecular weight is 293 g/mol. The number of carboxylic acid groups (broad SMARTS) is 1. The van der Waals surface area contributed by atoms with E-state index in [1.54, 1.807) is 4.90 Å². The third kappa shape index (κ3) is 2.63. The van der Waals surface area contributed by atoms with E-state index in [1.165, 1.54) is 10.9 Å². The standard InChI is InChI=1S/C13H19N5O3/c14-10-4-2-1-3-9(10)12(19)17-5-8(6-17)18-7-11(13(20)21)15-16-18/h7-10H,1-6,14H2,(H,20,21). The number of hydrogen-bond acceptors (Lipinski definition) is 5. The van der Waals surface area contributed by atoms with Gasteiger partial charge in [0.25, 0.3) is 0 Å². The molecule has 2 atom stereocenters. The minimum atomic E-state index is -1.10. The van der Waals surface area contributed by atoms with Gasteiger partial charge < -0.3 is 15.7 Å². The molecule has 3 N–H and O–H groups in total. The van der Waals surface area contributed by atoms with E-state index in [0.29, 0.717) is 13.1 Å². The zero-order chi connectivity index (χ0) is 15.0. The van der Waals surface area contributed by atoms with E-state index >= 15 is 0 Å². The Morgan fingerprint density at radius 1 is 1.29 bits per heavy atom. The van der Waals surface area contributed by atoms with Gasteiger partial charge in [-0.1, -0.05) is 18.1 Å². The van der Waals surface area contributed by atoms with Gasteiger partial charge in [0.2, 0.25) is 5.91 Å². The molecule has 0 aromatic carbocycles. The maximum atomic E-state index is 12.4. The van der Waals surface area contributed by atoms with Crippen LogP contribution < -0.4 is 5.73 Å². The van der Waals surface area contributed by atoms with Gasteiger partial charge in [0.15, 0.2) is 5.69 Å². The van der Waals surface area contributed by atoms with Crippen molar-refractivity contribution in [3.63, 3.8) is 0 Å². The van der Waals surface area contributed by atoms with E-state index in [9.17, 15) is 9.59 Å². The number of carboxylic acids is 1. The first-order valence-corrected chi connectivity index (χ1v) is 7.25. The number of amides is 1. The Bertz CT molecular complexity index is 552. The van der Waals surface area contributed by atoms with E-state index in [2.05, 4.69) is 10.3 Å². The number of aromatic nitrogens is 3. The second-order valence-corrected chi connectivity index (χ2v) is 5.84. The molecule has 2 heterocycles. The monoisotopic (exact) mass is 293 g/mol. The van der Waals surface area contributed by atoms with Crippen LogP contribution in [-0.4, -0.2) is 56.0 Å². The van der Waals surface area contributed by atoms with Gasteiger partial charge in [0.1, 0.15) is 0 Å². The van der Waals surface area contributed by atoms with Gasteiger partial charge in [0.05, 0.1) is 18.2 Å². The molecule has 8 nitrogen and oxygen atoms in total. The highest BCUT2D eigenvalue weighted by molar-refractivity contribution is 5.84. The Morgan fingerprint density at radius 2 is 2.00 bits per heavy atom. The van der Waals surface area contributed by atoms with Crippen LogP contribution in [0.25, 0.3) is 0 Å². The molecule has 1 amide bonds. The molecule has 114 valence electrons. The highest BCUT2D eigenvalue weighted by Crippen LogP contribution is 2.29. The van der Waals surface area contributed by atoms with Crippen LogP contribution in [-0.2, 0) is 4.79 Å². The average Bonchev–Trinajstić information content (AvgIpc) is 2.87. The van der Waals surface area contributed by atoms with Crippen LogP contribution >= 0.6 is 0 Å². The van der Waals surface area contributed by atoms with Crippen molar-refractivity contribution in [2.45, 2.75) is 37.8 Å². The van der Waals surface area contributed by atoms with Crippen molar-refractivity contribution in [1.29, 1.82) is 0 Å². The Kier molecular flexibility index (Phi) is 3.62. The van der Waals surface area contributed by atoms with Crippen LogP contribution in [0, 0.1) is 5.92 Å². The number of nitrogens with two attached hydrogens (primary N) is 1. The molecule has 1 aromatic heterocycles. The second-order valence-electron chi connectivity index (χ2n) is 5.84. The van der Waals surface area contributed by atoms with Crippen LogP contribution in [0.4, 0.5) is 0 Å². The first-order chi connectivity index (χ1) is 10.1. The van der Waals surface area contributed by atoms with Crippen LogP contribution in [0.1, 0.15) is 42.2 Å². The molecule has 8 heteroatoms.